The predicted octanol–water partition coefficient (Wildman–Crippen LogP) is 6.47. The highest BCUT2D eigenvalue weighted by Gasteiger charge is 2.49. The van der Waals surface area contributed by atoms with Gasteiger partial charge in [0.2, 0.25) is 5.91 Å². The number of aryl methyl sites for hydroxylation is 1. The van der Waals surface area contributed by atoms with Crippen LogP contribution in [0, 0.1) is 11.8 Å². The molecular weight excluding hydrogens is 485 g/mol. The van der Waals surface area contributed by atoms with Gasteiger partial charge < -0.3 is 10.2 Å². The summed E-state index contributed by atoms with van der Waals surface area (Å²) in [7, 11) is 0. The lowest BCUT2D eigenvalue weighted by molar-refractivity contribution is -0.142. The Morgan fingerprint density at radius 2 is 1.89 bits per heavy atom. The number of rotatable bonds is 6. The normalized spacial score (nSPS) is 32.4. The molecule has 3 heterocycles. The van der Waals surface area contributed by atoms with Gasteiger partial charge in [-0.25, -0.2) is 9.37 Å². The van der Waals surface area contributed by atoms with Crippen LogP contribution < -0.4 is 5.32 Å². The van der Waals surface area contributed by atoms with Crippen molar-refractivity contribution in [2.75, 3.05) is 19.6 Å². The molecule has 2 saturated heterocycles. The summed E-state index contributed by atoms with van der Waals surface area (Å²) in [6.45, 7) is 6.57. The van der Waals surface area contributed by atoms with Crippen LogP contribution in [0.3, 0.4) is 0 Å². The summed E-state index contributed by atoms with van der Waals surface area (Å²) in [6, 6.07) is 14.9. The maximum Gasteiger partial charge on any atom is 0.228 e. The van der Waals surface area contributed by atoms with Crippen molar-refractivity contribution in [2.45, 2.75) is 88.8 Å². The molecule has 1 amide bonds. The molecular formula is C31H41ClFN3O. The highest BCUT2D eigenvalue weighted by Crippen LogP contribution is 2.43. The van der Waals surface area contributed by atoms with Crippen molar-refractivity contribution >= 4 is 17.5 Å². The van der Waals surface area contributed by atoms with E-state index in [-0.39, 0.29) is 23.3 Å². The van der Waals surface area contributed by atoms with E-state index >= 15 is 0 Å². The Morgan fingerprint density at radius 1 is 1.14 bits per heavy atom. The third kappa shape index (κ3) is 5.45. The zero-order valence-electron chi connectivity index (χ0n) is 22.3. The summed E-state index contributed by atoms with van der Waals surface area (Å²) in [5.74, 6) is 0.919. The van der Waals surface area contributed by atoms with E-state index in [1.165, 1.54) is 5.56 Å². The second-order valence-corrected chi connectivity index (χ2v) is 12.1. The smallest absolute Gasteiger partial charge is 0.228 e. The number of pyridine rings is 1. The van der Waals surface area contributed by atoms with Gasteiger partial charge in [0, 0.05) is 36.8 Å². The lowest BCUT2D eigenvalue weighted by Gasteiger charge is -2.47. The van der Waals surface area contributed by atoms with E-state index in [2.05, 4.69) is 65.4 Å². The molecule has 4 atom stereocenters. The number of nitrogens with zero attached hydrogens (tertiary/aromatic N) is 2. The molecule has 37 heavy (non-hydrogen) atoms. The van der Waals surface area contributed by atoms with Crippen molar-refractivity contribution in [1.29, 1.82) is 0 Å². The summed E-state index contributed by atoms with van der Waals surface area (Å²) in [6.07, 6.45) is 6.09. The van der Waals surface area contributed by atoms with Crippen molar-refractivity contribution in [3.8, 4) is 0 Å². The average Bonchev–Trinajstić information content (AvgIpc) is 3.31. The Bertz CT molecular complexity index is 1070. The molecule has 3 fully saturated rings. The number of carbonyl (C=O) groups excluding carboxylic acids is 1. The standard InChI is InChI=1S/C31H41ClFN3O/c1-3-7-27-25(14-15-29(32)35-27)31(2)20-34-19-26(31)30(37)36-17-16-23(21-8-5-4-6-9-21)18-28(36)22-10-12-24(33)13-11-22/h4-6,8-9,14-15,22-24,26,28,34H,3,7,10-13,16-20H2,1-2H3. The van der Waals surface area contributed by atoms with E-state index in [0.29, 0.717) is 36.4 Å². The highest BCUT2D eigenvalue weighted by atomic mass is 35.5. The molecule has 1 N–H and O–H groups in total. The van der Waals surface area contributed by atoms with E-state index in [9.17, 15) is 9.18 Å². The van der Waals surface area contributed by atoms with E-state index in [1.54, 1.807) is 0 Å². The molecule has 5 rings (SSSR count). The molecule has 3 aliphatic rings. The van der Waals surface area contributed by atoms with Crippen molar-refractivity contribution in [3.63, 3.8) is 0 Å². The van der Waals surface area contributed by atoms with Gasteiger partial charge in [0.15, 0.2) is 0 Å². The number of benzene rings is 1. The van der Waals surface area contributed by atoms with Gasteiger partial charge in [-0.1, -0.05) is 68.3 Å². The first kappa shape index (κ1) is 26.6. The molecule has 6 heteroatoms. The summed E-state index contributed by atoms with van der Waals surface area (Å²) >= 11 is 6.28. The molecule has 1 saturated carbocycles. The Hall–Kier alpha value is -1.98. The van der Waals surface area contributed by atoms with Crippen LogP contribution in [0.2, 0.25) is 5.15 Å². The van der Waals surface area contributed by atoms with Gasteiger partial charge in [-0.15, -0.1) is 0 Å². The molecule has 1 aromatic carbocycles. The molecule has 0 radical (unpaired) electrons. The minimum Gasteiger partial charge on any atom is -0.339 e. The predicted molar refractivity (Wildman–Crippen MR) is 148 cm³/mol. The maximum absolute atomic E-state index is 14.5. The number of hydrogen-bond acceptors (Lipinski definition) is 3. The number of nitrogens with one attached hydrogen (secondary N) is 1. The molecule has 4 unspecified atom stereocenters. The Labute approximate surface area is 226 Å². The summed E-state index contributed by atoms with van der Waals surface area (Å²) in [5.41, 5.74) is 3.19. The first-order chi connectivity index (χ1) is 17.9. The largest absolute Gasteiger partial charge is 0.339 e. The number of halogens is 2. The molecule has 2 aliphatic heterocycles. The number of piperidine rings is 1. The monoisotopic (exact) mass is 525 g/mol. The van der Waals surface area contributed by atoms with Crippen molar-refractivity contribution in [3.05, 3.63) is 64.4 Å². The average molecular weight is 526 g/mol. The molecule has 1 aromatic heterocycles. The number of aromatic nitrogens is 1. The minimum absolute atomic E-state index is 0.153. The van der Waals surface area contributed by atoms with Gasteiger partial charge in [-0.3, -0.25) is 4.79 Å². The lowest BCUT2D eigenvalue weighted by atomic mass is 9.70. The van der Waals surface area contributed by atoms with E-state index in [0.717, 1.165) is 62.9 Å². The molecule has 2 aromatic rings. The SMILES string of the molecule is CCCc1nc(Cl)ccc1C1(C)CNCC1C(=O)N1CCC(c2ccccc2)CC1C1CCC(F)CC1. The van der Waals surface area contributed by atoms with Gasteiger partial charge >= 0.3 is 0 Å². The zero-order chi connectivity index (χ0) is 26.0. The third-order valence-corrected chi connectivity index (χ3v) is 9.61. The number of carbonyl (C=O) groups is 1. The Morgan fingerprint density at radius 3 is 2.62 bits per heavy atom. The number of hydrogen-bond donors (Lipinski definition) is 1. The van der Waals surface area contributed by atoms with Crippen LogP contribution in [0.5, 0.6) is 0 Å². The van der Waals surface area contributed by atoms with Crippen LogP contribution in [0.4, 0.5) is 4.39 Å². The Balaban J connectivity index is 1.43. The van der Waals surface area contributed by atoms with Gasteiger partial charge in [0.1, 0.15) is 11.3 Å². The van der Waals surface area contributed by atoms with Crippen LogP contribution in [-0.2, 0) is 16.6 Å². The van der Waals surface area contributed by atoms with Gasteiger partial charge in [-0.2, -0.15) is 0 Å². The van der Waals surface area contributed by atoms with Gasteiger partial charge in [0.05, 0.1) is 5.92 Å². The van der Waals surface area contributed by atoms with E-state index in [4.69, 9.17) is 11.6 Å². The first-order valence-corrected chi connectivity index (χ1v) is 14.6. The zero-order valence-corrected chi connectivity index (χ0v) is 23.0. The fourth-order valence-electron chi connectivity index (χ4n) is 7.30. The van der Waals surface area contributed by atoms with Crippen LogP contribution in [0.15, 0.2) is 42.5 Å². The second kappa shape index (κ2) is 11.4. The lowest BCUT2D eigenvalue weighted by Crippen LogP contribution is -2.54. The maximum atomic E-state index is 14.5. The summed E-state index contributed by atoms with van der Waals surface area (Å²) < 4.78 is 14.1. The van der Waals surface area contributed by atoms with Crippen LogP contribution in [0.25, 0.3) is 0 Å². The Kier molecular flexibility index (Phi) is 8.21. The van der Waals surface area contributed by atoms with E-state index in [1.807, 2.05) is 6.07 Å². The molecule has 1 aliphatic carbocycles. The van der Waals surface area contributed by atoms with Crippen molar-refractivity contribution in [2.24, 2.45) is 11.8 Å². The number of alkyl halides is 1. The third-order valence-electron chi connectivity index (χ3n) is 9.39. The molecule has 4 nitrogen and oxygen atoms in total. The van der Waals surface area contributed by atoms with E-state index < -0.39 is 6.17 Å². The molecule has 0 bridgehead atoms. The number of amides is 1. The highest BCUT2D eigenvalue weighted by molar-refractivity contribution is 6.29. The van der Waals surface area contributed by atoms with Crippen molar-refractivity contribution < 1.29 is 9.18 Å². The fourth-order valence-corrected chi connectivity index (χ4v) is 7.46. The van der Waals surface area contributed by atoms with Crippen LogP contribution in [-0.4, -0.2) is 47.6 Å². The first-order valence-electron chi connectivity index (χ1n) is 14.3. The van der Waals surface area contributed by atoms with Crippen LogP contribution >= 0.6 is 11.6 Å². The second-order valence-electron chi connectivity index (χ2n) is 11.7. The van der Waals surface area contributed by atoms with Crippen LogP contribution in [0.1, 0.15) is 81.5 Å². The molecule has 200 valence electrons. The summed E-state index contributed by atoms with van der Waals surface area (Å²) in [4.78, 5) is 21.3. The minimum atomic E-state index is -0.689. The number of likely N-dealkylation sites (tertiary alicyclic amines) is 1. The topological polar surface area (TPSA) is 45.2 Å². The van der Waals surface area contributed by atoms with Crippen molar-refractivity contribution in [1.82, 2.24) is 15.2 Å². The fraction of sp³-hybridized carbons (Fsp3) is 0.613. The molecule has 0 spiro atoms. The summed E-state index contributed by atoms with van der Waals surface area (Å²) in [5, 5.41) is 4.05. The van der Waals surface area contributed by atoms with Gasteiger partial charge in [-0.05, 0) is 74.0 Å². The van der Waals surface area contributed by atoms with Gasteiger partial charge in [0.25, 0.3) is 0 Å². The quantitative estimate of drug-likeness (QED) is 0.440.